The van der Waals surface area contributed by atoms with Gasteiger partial charge in [0.15, 0.2) is 5.78 Å². The summed E-state index contributed by atoms with van der Waals surface area (Å²) < 4.78 is 5.69. The molecular weight excluding hydrogens is 472 g/mol. The Hall–Kier alpha value is -3.50. The van der Waals surface area contributed by atoms with Crippen LogP contribution >= 0.6 is 0 Å². The second-order valence-electron chi connectivity index (χ2n) is 11.4. The number of esters is 1. The van der Waals surface area contributed by atoms with Crippen molar-refractivity contribution in [1.82, 2.24) is 0 Å². The van der Waals surface area contributed by atoms with Gasteiger partial charge >= 0.3 is 5.97 Å². The molecule has 0 aromatic heterocycles. The van der Waals surface area contributed by atoms with E-state index in [0.29, 0.717) is 16.7 Å². The number of ketones is 1. The molecule has 0 heterocycles. The van der Waals surface area contributed by atoms with E-state index in [2.05, 4.69) is 64.1 Å². The zero-order chi connectivity index (χ0) is 27.0. The third-order valence-electron chi connectivity index (χ3n) is 7.48. The number of rotatable bonds is 7. The Morgan fingerprint density at radius 1 is 0.946 bits per heavy atom. The Balaban J connectivity index is 1.49. The highest BCUT2D eigenvalue weighted by molar-refractivity contribution is 6.12. The van der Waals surface area contributed by atoms with E-state index in [9.17, 15) is 9.59 Å². The van der Waals surface area contributed by atoms with Crippen LogP contribution in [0.4, 0.5) is 0 Å². The molecule has 0 saturated carbocycles. The predicted octanol–water partition coefficient (Wildman–Crippen LogP) is 6.72. The molecule has 0 N–H and O–H groups in total. The molecule has 3 aromatic rings. The van der Waals surface area contributed by atoms with Gasteiger partial charge in [0.25, 0.3) is 0 Å². The maximum atomic E-state index is 13.0. The first-order valence-electron chi connectivity index (χ1n) is 12.9. The third kappa shape index (κ3) is 5.75. The molecule has 4 rings (SSSR count). The van der Waals surface area contributed by atoms with Gasteiger partial charge in [0, 0.05) is 21.2 Å². The van der Waals surface area contributed by atoms with E-state index in [-0.39, 0.29) is 17.2 Å². The number of ether oxygens (including phenoxy) is 1. The van der Waals surface area contributed by atoms with Crippen LogP contribution in [0.5, 0.6) is 0 Å². The number of hydrogen-bond donors (Lipinski definition) is 0. The minimum atomic E-state index is -0.477. The lowest BCUT2D eigenvalue weighted by molar-refractivity contribution is -0.00202. The monoisotopic (exact) mass is 508 g/mol. The molecule has 4 heteroatoms. The van der Waals surface area contributed by atoms with Gasteiger partial charge in [-0.25, -0.2) is 4.79 Å². The van der Waals surface area contributed by atoms with Crippen LogP contribution in [0.15, 0.2) is 78.9 Å². The van der Waals surface area contributed by atoms with Crippen molar-refractivity contribution in [2.45, 2.75) is 58.1 Å². The van der Waals surface area contributed by atoms with Crippen molar-refractivity contribution in [1.29, 1.82) is 0 Å². The van der Waals surface area contributed by atoms with Crippen LogP contribution in [-0.4, -0.2) is 27.6 Å². The molecule has 190 valence electrons. The average Bonchev–Trinajstić information content (AvgIpc) is 3.13. The molecule has 0 bridgehead atoms. The zero-order valence-corrected chi connectivity index (χ0v) is 24.9. The Bertz CT molecular complexity index is 1390. The minimum Gasteiger partial charge on any atom is -0.456 e. The topological polar surface area (TPSA) is 43.4 Å². The number of benzene rings is 3. The Kier molecular flexibility index (Phi) is 7.25. The first-order chi connectivity index (χ1) is 17.4. The van der Waals surface area contributed by atoms with Gasteiger partial charge in [-0.3, -0.25) is 4.79 Å². The first kappa shape index (κ1) is 26.6. The van der Waals surface area contributed by atoms with E-state index in [0.717, 1.165) is 21.4 Å². The van der Waals surface area contributed by atoms with Gasteiger partial charge in [-0.1, -0.05) is 87.0 Å². The number of aryl methyl sites for hydroxylation is 1. The van der Waals surface area contributed by atoms with E-state index in [4.69, 9.17) is 4.74 Å². The smallest absolute Gasteiger partial charge is 0.338 e. The second-order valence-corrected chi connectivity index (χ2v) is 13.1. The van der Waals surface area contributed by atoms with Crippen LogP contribution in [0.3, 0.4) is 0 Å². The van der Waals surface area contributed by atoms with Gasteiger partial charge in [-0.05, 0) is 78.4 Å². The summed E-state index contributed by atoms with van der Waals surface area (Å²) in [5.74, 6) is -0.368. The molecule has 1 unspecified atom stereocenters. The molecule has 37 heavy (non-hydrogen) atoms. The molecule has 1 atom stereocenters. The molecule has 0 radical (unpaired) electrons. The molecular formula is C33H36O3Si. The van der Waals surface area contributed by atoms with Crippen molar-refractivity contribution >= 4 is 33.6 Å². The van der Waals surface area contributed by atoms with E-state index >= 15 is 0 Å². The standard InChI is InChI=1S/C33H36O3Si/c1-21-7-12-24(13-8-21)28-20-32(3,4)29-19-26(16-17-27(28)29)30(34)18-11-23-9-14-25(15-10-23)31(35)36-33(5,6)22(2)37/h7-20,22H,1-6,37H3. The maximum Gasteiger partial charge on any atom is 0.338 e. The van der Waals surface area contributed by atoms with Crippen molar-refractivity contribution in [3.8, 4) is 0 Å². The first-order valence-corrected chi connectivity index (χ1v) is 14.0. The van der Waals surface area contributed by atoms with Gasteiger partial charge in [-0.15, -0.1) is 0 Å². The summed E-state index contributed by atoms with van der Waals surface area (Å²) in [6.07, 6.45) is 5.68. The molecule has 1 aliphatic carbocycles. The lowest BCUT2D eigenvalue weighted by atomic mass is 9.85. The fourth-order valence-corrected chi connectivity index (χ4v) is 4.49. The summed E-state index contributed by atoms with van der Waals surface area (Å²) in [7, 11) is 0.952. The molecule has 3 nitrogen and oxygen atoms in total. The predicted molar refractivity (Wildman–Crippen MR) is 156 cm³/mol. The lowest BCUT2D eigenvalue weighted by Crippen LogP contribution is -2.32. The Labute approximate surface area is 223 Å². The van der Waals surface area contributed by atoms with Crippen molar-refractivity contribution in [2.24, 2.45) is 0 Å². The Morgan fingerprint density at radius 2 is 1.57 bits per heavy atom. The van der Waals surface area contributed by atoms with E-state index in [1.54, 1.807) is 24.3 Å². The highest BCUT2D eigenvalue weighted by Gasteiger charge is 2.31. The minimum absolute atomic E-state index is 0.0475. The van der Waals surface area contributed by atoms with Crippen molar-refractivity contribution in [3.05, 3.63) is 118 Å². The normalized spacial score (nSPS) is 15.4. The van der Waals surface area contributed by atoms with Crippen molar-refractivity contribution in [2.75, 3.05) is 0 Å². The number of allylic oxidation sites excluding steroid dienone is 2. The molecule has 0 spiro atoms. The molecule has 0 aliphatic heterocycles. The van der Waals surface area contributed by atoms with Crippen LogP contribution in [0.25, 0.3) is 11.6 Å². The van der Waals surface area contributed by atoms with Crippen LogP contribution in [0.1, 0.15) is 83.2 Å². The highest BCUT2D eigenvalue weighted by atomic mass is 28.1. The largest absolute Gasteiger partial charge is 0.456 e. The molecule has 1 aliphatic rings. The summed E-state index contributed by atoms with van der Waals surface area (Å²) in [5.41, 5.74) is 7.73. The molecule has 0 fully saturated rings. The average molecular weight is 509 g/mol. The van der Waals surface area contributed by atoms with Crippen molar-refractivity contribution in [3.63, 3.8) is 0 Å². The summed E-state index contributed by atoms with van der Waals surface area (Å²) >= 11 is 0. The lowest BCUT2D eigenvalue weighted by Gasteiger charge is -2.29. The van der Waals surface area contributed by atoms with Crippen LogP contribution in [0.2, 0.25) is 5.54 Å². The molecule has 3 aromatic carbocycles. The van der Waals surface area contributed by atoms with Crippen LogP contribution < -0.4 is 0 Å². The fraction of sp³-hybridized carbons (Fsp3) is 0.273. The summed E-state index contributed by atoms with van der Waals surface area (Å²) in [5, 5.41) is 0. The van der Waals surface area contributed by atoms with Crippen molar-refractivity contribution < 1.29 is 14.3 Å². The van der Waals surface area contributed by atoms with Gasteiger partial charge < -0.3 is 4.74 Å². The van der Waals surface area contributed by atoms with Gasteiger partial charge in [0.2, 0.25) is 0 Å². The summed E-state index contributed by atoms with van der Waals surface area (Å²) in [6.45, 7) is 12.5. The summed E-state index contributed by atoms with van der Waals surface area (Å²) in [6, 6.07) is 21.7. The van der Waals surface area contributed by atoms with Gasteiger partial charge in [0.1, 0.15) is 5.60 Å². The number of fused-ring (bicyclic) bond motifs is 1. The van der Waals surface area contributed by atoms with Gasteiger partial charge in [0.05, 0.1) is 5.56 Å². The number of carbonyl (C=O) groups excluding carboxylic acids is 2. The Morgan fingerprint density at radius 3 is 2.19 bits per heavy atom. The number of carbonyl (C=O) groups is 2. The van der Waals surface area contributed by atoms with Crippen LogP contribution in [-0.2, 0) is 10.2 Å². The van der Waals surface area contributed by atoms with E-state index in [1.165, 1.54) is 22.3 Å². The van der Waals surface area contributed by atoms with E-state index < -0.39 is 5.60 Å². The zero-order valence-electron chi connectivity index (χ0n) is 22.9. The third-order valence-corrected chi connectivity index (χ3v) is 8.87. The highest BCUT2D eigenvalue weighted by Crippen LogP contribution is 2.43. The maximum absolute atomic E-state index is 13.0. The quantitative estimate of drug-likeness (QED) is 0.154. The summed E-state index contributed by atoms with van der Waals surface area (Å²) in [4.78, 5) is 25.6. The SMILES string of the molecule is Cc1ccc(C2=CC(C)(C)c3cc(C(=O)C=Cc4ccc(C(=O)OC(C)(C)C(C)[SiH3])cc4)ccc32)cc1. The van der Waals surface area contributed by atoms with Gasteiger partial charge in [-0.2, -0.15) is 0 Å². The fourth-order valence-electron chi connectivity index (χ4n) is 4.37. The number of hydrogen-bond acceptors (Lipinski definition) is 3. The second kappa shape index (κ2) is 10.1. The van der Waals surface area contributed by atoms with Crippen LogP contribution in [0, 0.1) is 6.92 Å². The van der Waals surface area contributed by atoms with E-state index in [1.807, 2.05) is 38.1 Å². The molecule has 0 saturated heterocycles. The molecule has 0 amide bonds.